The van der Waals surface area contributed by atoms with E-state index in [0.29, 0.717) is 5.56 Å². The number of pyridine rings is 1. The van der Waals surface area contributed by atoms with Gasteiger partial charge >= 0.3 is 0 Å². The molecule has 0 amide bonds. The van der Waals surface area contributed by atoms with Gasteiger partial charge in [0.15, 0.2) is 6.29 Å². The lowest BCUT2D eigenvalue weighted by molar-refractivity contribution is 0.112. The fraction of sp³-hybridized carbons (Fsp3) is 0.231. The molecule has 2 aromatic heterocycles. The van der Waals surface area contributed by atoms with Crippen LogP contribution >= 0.6 is 11.3 Å². The number of hydrogen-bond acceptors (Lipinski definition) is 4. The van der Waals surface area contributed by atoms with Gasteiger partial charge in [-0.1, -0.05) is 6.07 Å². The number of aromatic nitrogens is 1. The molecule has 0 saturated heterocycles. The van der Waals surface area contributed by atoms with E-state index in [-0.39, 0.29) is 0 Å². The van der Waals surface area contributed by atoms with Gasteiger partial charge in [-0.3, -0.25) is 4.79 Å². The Morgan fingerprint density at radius 3 is 3.00 bits per heavy atom. The normalized spacial score (nSPS) is 10.2. The van der Waals surface area contributed by atoms with Crippen LogP contribution in [0.3, 0.4) is 0 Å². The molecule has 0 aliphatic heterocycles. The van der Waals surface area contributed by atoms with E-state index in [9.17, 15) is 4.79 Å². The molecule has 0 unspecified atom stereocenters. The van der Waals surface area contributed by atoms with Crippen molar-refractivity contribution in [3.8, 4) is 0 Å². The molecular formula is C13H14N2OS. The van der Waals surface area contributed by atoms with Gasteiger partial charge < -0.3 is 4.90 Å². The second-order valence-electron chi connectivity index (χ2n) is 3.79. The summed E-state index contributed by atoms with van der Waals surface area (Å²) in [5, 5.41) is 2.08. The Morgan fingerprint density at radius 2 is 2.29 bits per heavy atom. The van der Waals surface area contributed by atoms with Crippen LogP contribution in [0, 0.1) is 0 Å². The second kappa shape index (κ2) is 5.59. The topological polar surface area (TPSA) is 33.2 Å². The first-order valence-electron chi connectivity index (χ1n) is 5.45. The molecule has 0 aliphatic rings. The highest BCUT2D eigenvalue weighted by atomic mass is 32.1. The van der Waals surface area contributed by atoms with Crippen molar-refractivity contribution in [1.82, 2.24) is 4.98 Å². The van der Waals surface area contributed by atoms with Gasteiger partial charge in [-0.05, 0) is 30.0 Å². The molecule has 88 valence electrons. The number of aldehydes is 1. The summed E-state index contributed by atoms with van der Waals surface area (Å²) in [4.78, 5) is 18.5. The average molecular weight is 246 g/mol. The van der Waals surface area contributed by atoms with Crippen LogP contribution in [0.1, 0.15) is 15.2 Å². The van der Waals surface area contributed by atoms with Gasteiger partial charge in [0.05, 0.1) is 5.56 Å². The summed E-state index contributed by atoms with van der Waals surface area (Å²) in [6, 6.07) is 7.74. The van der Waals surface area contributed by atoms with Crippen LogP contribution in [0.5, 0.6) is 0 Å². The van der Waals surface area contributed by atoms with E-state index in [4.69, 9.17) is 0 Å². The van der Waals surface area contributed by atoms with Gasteiger partial charge in [0, 0.05) is 24.7 Å². The summed E-state index contributed by atoms with van der Waals surface area (Å²) >= 11 is 1.75. The highest BCUT2D eigenvalue weighted by Gasteiger charge is 2.07. The SMILES string of the molecule is CN(CCc1cccs1)c1ncccc1C=O. The zero-order valence-corrected chi connectivity index (χ0v) is 10.5. The van der Waals surface area contributed by atoms with Crippen molar-refractivity contribution in [3.63, 3.8) is 0 Å². The smallest absolute Gasteiger partial charge is 0.153 e. The molecule has 2 rings (SSSR count). The van der Waals surface area contributed by atoms with E-state index in [1.54, 1.807) is 29.7 Å². The molecule has 2 aromatic rings. The number of thiophene rings is 1. The summed E-state index contributed by atoms with van der Waals surface area (Å²) in [6.07, 6.45) is 3.54. The predicted molar refractivity (Wildman–Crippen MR) is 70.9 cm³/mol. The third-order valence-corrected chi connectivity index (χ3v) is 3.52. The zero-order valence-electron chi connectivity index (χ0n) is 9.67. The van der Waals surface area contributed by atoms with E-state index < -0.39 is 0 Å². The van der Waals surface area contributed by atoms with Crippen molar-refractivity contribution in [3.05, 3.63) is 46.3 Å². The van der Waals surface area contributed by atoms with Crippen molar-refractivity contribution in [1.29, 1.82) is 0 Å². The largest absolute Gasteiger partial charge is 0.359 e. The number of rotatable bonds is 5. The molecule has 2 heterocycles. The van der Waals surface area contributed by atoms with E-state index in [1.165, 1.54) is 4.88 Å². The number of carbonyl (C=O) groups is 1. The third-order valence-electron chi connectivity index (χ3n) is 2.58. The van der Waals surface area contributed by atoms with Gasteiger partial charge in [0.2, 0.25) is 0 Å². The maximum absolute atomic E-state index is 10.9. The molecule has 4 heteroatoms. The third kappa shape index (κ3) is 2.91. The van der Waals surface area contributed by atoms with Gasteiger partial charge in [0.1, 0.15) is 5.82 Å². The van der Waals surface area contributed by atoms with Crippen LogP contribution < -0.4 is 4.90 Å². The van der Waals surface area contributed by atoms with Crippen LogP contribution in [0.2, 0.25) is 0 Å². The van der Waals surface area contributed by atoms with Crippen molar-refractivity contribution < 1.29 is 4.79 Å². The molecule has 0 bridgehead atoms. The van der Waals surface area contributed by atoms with Crippen molar-refractivity contribution >= 4 is 23.4 Å². The Kier molecular flexibility index (Phi) is 3.88. The minimum atomic E-state index is 0.640. The van der Waals surface area contributed by atoms with Gasteiger partial charge in [-0.25, -0.2) is 4.98 Å². The van der Waals surface area contributed by atoms with Crippen LogP contribution in [0.4, 0.5) is 5.82 Å². The summed E-state index contributed by atoms with van der Waals surface area (Å²) in [5.41, 5.74) is 0.640. The first-order chi connectivity index (χ1) is 8.31. The molecule has 0 aliphatic carbocycles. The number of hydrogen-bond donors (Lipinski definition) is 0. The van der Waals surface area contributed by atoms with Crippen LogP contribution in [0.25, 0.3) is 0 Å². The molecule has 0 N–H and O–H groups in total. The van der Waals surface area contributed by atoms with E-state index >= 15 is 0 Å². The second-order valence-corrected chi connectivity index (χ2v) is 4.82. The van der Waals surface area contributed by atoms with Crippen molar-refractivity contribution in [2.24, 2.45) is 0 Å². The maximum atomic E-state index is 10.9. The Bertz CT molecular complexity index is 482. The Hall–Kier alpha value is -1.68. The van der Waals surface area contributed by atoms with Crippen LogP contribution in [-0.2, 0) is 6.42 Å². The highest BCUT2D eigenvalue weighted by Crippen LogP contribution is 2.15. The number of likely N-dealkylation sites (N-methyl/N-ethyl adjacent to an activating group) is 1. The van der Waals surface area contributed by atoms with Crippen LogP contribution in [-0.4, -0.2) is 24.9 Å². The van der Waals surface area contributed by atoms with Crippen molar-refractivity contribution in [2.45, 2.75) is 6.42 Å². The first-order valence-corrected chi connectivity index (χ1v) is 6.33. The number of anilines is 1. The highest BCUT2D eigenvalue weighted by molar-refractivity contribution is 7.09. The molecule has 0 aromatic carbocycles. The van der Waals surface area contributed by atoms with E-state index in [2.05, 4.69) is 22.5 Å². The summed E-state index contributed by atoms with van der Waals surface area (Å²) < 4.78 is 0. The molecule has 0 spiro atoms. The standard InChI is InChI=1S/C13H14N2OS/c1-15(8-6-12-5-3-9-17-12)13-11(10-16)4-2-7-14-13/h2-5,7,9-10H,6,8H2,1H3. The minimum Gasteiger partial charge on any atom is -0.359 e. The lowest BCUT2D eigenvalue weighted by Crippen LogP contribution is -2.22. The monoisotopic (exact) mass is 246 g/mol. The first kappa shape index (κ1) is 11.8. The Labute approximate surface area is 105 Å². The number of carbonyl (C=O) groups excluding carboxylic acids is 1. The molecule has 17 heavy (non-hydrogen) atoms. The van der Waals surface area contributed by atoms with Gasteiger partial charge in [-0.2, -0.15) is 0 Å². The Morgan fingerprint density at radius 1 is 1.41 bits per heavy atom. The molecule has 0 atom stereocenters. The van der Waals surface area contributed by atoms with Gasteiger partial charge in [-0.15, -0.1) is 11.3 Å². The van der Waals surface area contributed by atoms with Crippen molar-refractivity contribution in [2.75, 3.05) is 18.5 Å². The minimum absolute atomic E-state index is 0.640. The fourth-order valence-corrected chi connectivity index (χ4v) is 2.36. The lowest BCUT2D eigenvalue weighted by Gasteiger charge is -2.18. The van der Waals surface area contributed by atoms with Gasteiger partial charge in [0.25, 0.3) is 0 Å². The molecule has 0 fully saturated rings. The van der Waals surface area contributed by atoms with E-state index in [0.717, 1.165) is 25.1 Å². The Balaban J connectivity index is 2.04. The summed E-state index contributed by atoms with van der Waals surface area (Å²) in [7, 11) is 1.96. The lowest BCUT2D eigenvalue weighted by atomic mass is 10.2. The molecular weight excluding hydrogens is 232 g/mol. The molecule has 0 radical (unpaired) electrons. The van der Waals surface area contributed by atoms with E-state index in [1.807, 2.05) is 11.9 Å². The quantitative estimate of drug-likeness (QED) is 0.760. The zero-order chi connectivity index (χ0) is 12.1. The molecule has 3 nitrogen and oxygen atoms in total. The average Bonchev–Trinajstić information content (AvgIpc) is 2.89. The van der Waals surface area contributed by atoms with Crippen LogP contribution in [0.15, 0.2) is 35.8 Å². The maximum Gasteiger partial charge on any atom is 0.153 e. The fourth-order valence-electron chi connectivity index (χ4n) is 1.66. The predicted octanol–water partition coefficient (Wildman–Crippen LogP) is 2.63. The number of nitrogens with zero attached hydrogens (tertiary/aromatic N) is 2. The summed E-state index contributed by atoms with van der Waals surface area (Å²) in [5.74, 6) is 0.749. The molecule has 0 saturated carbocycles. The summed E-state index contributed by atoms with van der Waals surface area (Å²) in [6.45, 7) is 0.859.